The molecule has 0 amide bonds. The summed E-state index contributed by atoms with van der Waals surface area (Å²) >= 11 is 0. The van der Waals surface area contributed by atoms with E-state index in [-0.39, 0.29) is 25.7 Å². The predicted molar refractivity (Wildman–Crippen MR) is 148 cm³/mol. The third-order valence-electron chi connectivity index (χ3n) is 11.1. The Bertz CT molecular complexity index is 1230. The summed E-state index contributed by atoms with van der Waals surface area (Å²) in [4.78, 5) is 25.2. The summed E-state index contributed by atoms with van der Waals surface area (Å²) in [7, 11) is 0. The van der Waals surface area contributed by atoms with Crippen LogP contribution in [-0.2, 0) is 19.1 Å². The van der Waals surface area contributed by atoms with Gasteiger partial charge in [0.15, 0.2) is 0 Å². The second-order valence-electron chi connectivity index (χ2n) is 12.9. The molecular formula is C32H42O8. The highest BCUT2D eigenvalue weighted by Crippen LogP contribution is 2.71. The largest absolute Gasteiger partial charge is 0.460 e. The van der Waals surface area contributed by atoms with Crippen LogP contribution in [0.25, 0.3) is 6.08 Å². The van der Waals surface area contributed by atoms with Gasteiger partial charge in [-0.05, 0) is 68.9 Å². The molecule has 4 aliphatic rings. The fourth-order valence-corrected chi connectivity index (χ4v) is 8.75. The van der Waals surface area contributed by atoms with E-state index in [9.17, 15) is 30.0 Å². The average Bonchev–Trinajstić information content (AvgIpc) is 3.14. The molecule has 40 heavy (non-hydrogen) atoms. The summed E-state index contributed by atoms with van der Waals surface area (Å²) in [5, 5.41) is 47.8. The monoisotopic (exact) mass is 554 g/mol. The molecule has 5 rings (SSSR count). The molecule has 0 saturated heterocycles. The SMILES string of the molecule is CC(=O)O[C@@H](C)[C@]1(O)CC[C@@]2(O)[C@]1(C)[C@H](OC(=O)/C=C/c1ccccc1)C[C@@H]1[C@@]3(C)CC[C@H](O)CC3=CC[C@]12O. The molecule has 218 valence electrons. The fraction of sp³-hybridized carbons (Fsp3) is 0.625. The lowest BCUT2D eigenvalue weighted by atomic mass is 9.42. The van der Waals surface area contributed by atoms with Gasteiger partial charge in [-0.15, -0.1) is 0 Å². The Morgan fingerprint density at radius 2 is 1.77 bits per heavy atom. The van der Waals surface area contributed by atoms with Crippen LogP contribution in [0.5, 0.6) is 0 Å². The van der Waals surface area contributed by atoms with E-state index in [0.717, 1.165) is 11.1 Å². The lowest BCUT2D eigenvalue weighted by Crippen LogP contribution is -2.78. The molecule has 8 nitrogen and oxygen atoms in total. The van der Waals surface area contributed by atoms with E-state index >= 15 is 0 Å². The topological polar surface area (TPSA) is 134 Å². The number of hydrogen-bond acceptors (Lipinski definition) is 8. The summed E-state index contributed by atoms with van der Waals surface area (Å²) in [6, 6.07) is 9.31. The number of carbonyl (C=O) groups is 2. The van der Waals surface area contributed by atoms with Crippen LogP contribution in [0.3, 0.4) is 0 Å². The molecule has 0 aliphatic heterocycles. The summed E-state index contributed by atoms with van der Waals surface area (Å²) in [6.07, 6.45) is 4.53. The number of ether oxygens (including phenoxy) is 2. The van der Waals surface area contributed by atoms with Crippen molar-refractivity contribution in [3.63, 3.8) is 0 Å². The van der Waals surface area contributed by atoms with E-state index in [4.69, 9.17) is 9.47 Å². The molecule has 0 unspecified atom stereocenters. The highest BCUT2D eigenvalue weighted by atomic mass is 16.6. The van der Waals surface area contributed by atoms with Crippen LogP contribution in [0, 0.1) is 16.7 Å². The molecule has 4 N–H and O–H groups in total. The molecule has 0 bridgehead atoms. The van der Waals surface area contributed by atoms with Crippen LogP contribution in [-0.4, -0.2) is 67.5 Å². The smallest absolute Gasteiger partial charge is 0.331 e. The molecule has 0 aromatic heterocycles. The standard InChI is InChI=1S/C32H42O8/c1-20(39-21(2)33)30(36)16-17-32(38)29(30,4)26(40-27(35)11-10-22-8-6-5-7-9-22)19-25-28(3)14-13-24(34)18-23(28)12-15-31(25,32)37/h5-12,20,24-26,34,36-38H,13-19H2,1-4H3/b11-10+/t20-,24-,25+,26+,28-,29+,30+,31-,32+/m0/s1. The van der Waals surface area contributed by atoms with Gasteiger partial charge < -0.3 is 29.9 Å². The maximum atomic E-state index is 13.3. The predicted octanol–water partition coefficient (Wildman–Crippen LogP) is 3.46. The molecule has 3 fully saturated rings. The zero-order valence-electron chi connectivity index (χ0n) is 23.8. The minimum Gasteiger partial charge on any atom is -0.460 e. The first-order valence-electron chi connectivity index (χ1n) is 14.4. The van der Waals surface area contributed by atoms with E-state index in [1.165, 1.54) is 13.0 Å². The molecule has 8 heteroatoms. The number of esters is 2. The van der Waals surface area contributed by atoms with E-state index in [1.807, 2.05) is 36.4 Å². The molecule has 0 spiro atoms. The van der Waals surface area contributed by atoms with Crippen molar-refractivity contribution in [3.8, 4) is 0 Å². The number of aliphatic hydroxyl groups excluding tert-OH is 1. The summed E-state index contributed by atoms with van der Waals surface area (Å²) in [6.45, 7) is 6.54. The number of fused-ring (bicyclic) bond motifs is 5. The van der Waals surface area contributed by atoms with Crippen LogP contribution in [0.4, 0.5) is 0 Å². The average molecular weight is 555 g/mol. The van der Waals surface area contributed by atoms with E-state index in [1.54, 1.807) is 19.9 Å². The van der Waals surface area contributed by atoms with Crippen molar-refractivity contribution in [2.45, 2.75) is 108 Å². The van der Waals surface area contributed by atoms with Crippen molar-refractivity contribution in [2.75, 3.05) is 0 Å². The van der Waals surface area contributed by atoms with Gasteiger partial charge in [-0.25, -0.2) is 4.79 Å². The number of aliphatic hydroxyl groups is 4. The molecule has 1 aromatic carbocycles. The first-order valence-corrected chi connectivity index (χ1v) is 14.4. The number of benzene rings is 1. The molecule has 1 aromatic rings. The van der Waals surface area contributed by atoms with Gasteiger partial charge in [0.05, 0.1) is 11.5 Å². The van der Waals surface area contributed by atoms with Gasteiger partial charge in [0.25, 0.3) is 0 Å². The summed E-state index contributed by atoms with van der Waals surface area (Å²) in [5.74, 6) is -1.70. The van der Waals surface area contributed by atoms with Crippen LogP contribution in [0.1, 0.15) is 78.2 Å². The van der Waals surface area contributed by atoms with Gasteiger partial charge in [-0.3, -0.25) is 4.79 Å². The quantitative estimate of drug-likeness (QED) is 0.247. The minimum absolute atomic E-state index is 0.0361. The second kappa shape index (κ2) is 9.79. The van der Waals surface area contributed by atoms with Gasteiger partial charge in [0, 0.05) is 18.9 Å². The third kappa shape index (κ3) is 4.02. The third-order valence-corrected chi connectivity index (χ3v) is 11.1. The Morgan fingerprint density at radius 1 is 1.07 bits per heavy atom. The normalized spacial score (nSPS) is 43.2. The molecular weight excluding hydrogens is 512 g/mol. The van der Waals surface area contributed by atoms with E-state index in [2.05, 4.69) is 6.92 Å². The summed E-state index contributed by atoms with van der Waals surface area (Å²) in [5.41, 5.74) is -5.51. The van der Waals surface area contributed by atoms with E-state index < -0.39 is 63.8 Å². The van der Waals surface area contributed by atoms with Crippen molar-refractivity contribution in [1.29, 1.82) is 0 Å². The van der Waals surface area contributed by atoms with Crippen LogP contribution in [0.15, 0.2) is 48.1 Å². The molecule has 9 atom stereocenters. The van der Waals surface area contributed by atoms with Gasteiger partial charge in [-0.1, -0.05) is 55.8 Å². The highest BCUT2D eigenvalue weighted by molar-refractivity contribution is 5.87. The van der Waals surface area contributed by atoms with Gasteiger partial charge in [0.1, 0.15) is 29.0 Å². The Labute approximate surface area is 235 Å². The maximum Gasteiger partial charge on any atom is 0.331 e. The molecule has 0 radical (unpaired) electrons. The maximum absolute atomic E-state index is 13.3. The van der Waals surface area contributed by atoms with Crippen LogP contribution in [0.2, 0.25) is 0 Å². The molecule has 3 saturated carbocycles. The fourth-order valence-electron chi connectivity index (χ4n) is 8.75. The molecule has 4 aliphatic carbocycles. The Morgan fingerprint density at radius 3 is 2.45 bits per heavy atom. The lowest BCUT2D eigenvalue weighted by molar-refractivity contribution is -0.326. The Hall–Kier alpha value is -2.52. The first kappa shape index (κ1) is 29.0. The van der Waals surface area contributed by atoms with Crippen molar-refractivity contribution in [1.82, 2.24) is 0 Å². The zero-order chi connectivity index (χ0) is 29.1. The number of rotatable bonds is 5. The van der Waals surface area contributed by atoms with Gasteiger partial charge in [-0.2, -0.15) is 0 Å². The summed E-state index contributed by atoms with van der Waals surface area (Å²) < 4.78 is 11.6. The lowest BCUT2D eigenvalue weighted by Gasteiger charge is -2.67. The number of carbonyl (C=O) groups excluding carboxylic acids is 2. The van der Waals surface area contributed by atoms with Crippen molar-refractivity contribution in [3.05, 3.63) is 53.6 Å². The Balaban J connectivity index is 1.59. The zero-order valence-corrected chi connectivity index (χ0v) is 23.8. The Kier molecular flexibility index (Phi) is 7.10. The van der Waals surface area contributed by atoms with Gasteiger partial charge in [0.2, 0.25) is 0 Å². The van der Waals surface area contributed by atoms with E-state index in [0.29, 0.717) is 19.3 Å². The van der Waals surface area contributed by atoms with Gasteiger partial charge >= 0.3 is 11.9 Å². The second-order valence-corrected chi connectivity index (χ2v) is 12.9. The van der Waals surface area contributed by atoms with Crippen LogP contribution < -0.4 is 0 Å². The van der Waals surface area contributed by atoms with Crippen molar-refractivity contribution in [2.24, 2.45) is 16.7 Å². The van der Waals surface area contributed by atoms with Crippen molar-refractivity contribution >= 4 is 18.0 Å². The first-order chi connectivity index (χ1) is 18.7. The van der Waals surface area contributed by atoms with Crippen molar-refractivity contribution < 1.29 is 39.5 Å². The number of hydrogen-bond donors (Lipinski definition) is 4. The minimum atomic E-state index is -1.86. The molecule has 0 heterocycles. The highest BCUT2D eigenvalue weighted by Gasteiger charge is 2.81. The van der Waals surface area contributed by atoms with Crippen LogP contribution >= 0.6 is 0 Å².